The molecule has 0 bridgehead atoms. The van der Waals surface area contributed by atoms with Gasteiger partial charge in [0, 0.05) is 17.9 Å². The lowest BCUT2D eigenvalue weighted by atomic mass is 9.90. The molecule has 2 aromatic rings. The third-order valence-corrected chi connectivity index (χ3v) is 4.80. The Bertz CT molecular complexity index is 754. The van der Waals surface area contributed by atoms with E-state index in [1.165, 1.54) is 6.42 Å². The van der Waals surface area contributed by atoms with Gasteiger partial charge in [-0.05, 0) is 32.8 Å². The molecule has 0 unspecified atom stereocenters. The highest BCUT2D eigenvalue weighted by Gasteiger charge is 2.38. The summed E-state index contributed by atoms with van der Waals surface area (Å²) in [5, 5.41) is 4.38. The number of fused-ring (bicyclic) bond motifs is 2. The maximum atomic E-state index is 12.9. The van der Waals surface area contributed by atoms with Crippen molar-refractivity contribution >= 4 is 11.7 Å². The van der Waals surface area contributed by atoms with Crippen molar-refractivity contribution in [2.24, 2.45) is 0 Å². The van der Waals surface area contributed by atoms with Crippen LogP contribution in [0.25, 0.3) is 5.78 Å². The molecule has 7 heteroatoms. The van der Waals surface area contributed by atoms with E-state index in [9.17, 15) is 4.79 Å². The highest BCUT2D eigenvalue weighted by atomic mass is 16.5. The number of nitrogens with zero attached hydrogens (tertiary/aromatic N) is 5. The normalized spacial score (nSPS) is 24.7. The summed E-state index contributed by atoms with van der Waals surface area (Å²) in [5.41, 5.74) is 1.80. The summed E-state index contributed by atoms with van der Waals surface area (Å²) in [6.45, 7) is 5.06. The van der Waals surface area contributed by atoms with Crippen molar-refractivity contribution in [2.75, 3.05) is 13.2 Å². The van der Waals surface area contributed by atoms with E-state index in [0.29, 0.717) is 18.9 Å². The van der Waals surface area contributed by atoms with E-state index in [0.717, 1.165) is 30.7 Å². The minimum atomic E-state index is -0.104. The van der Waals surface area contributed by atoms with Crippen LogP contribution in [0.4, 0.5) is 0 Å². The molecular weight excluding hydrogens is 294 g/mol. The lowest BCUT2D eigenvalue weighted by Crippen LogP contribution is -2.55. The van der Waals surface area contributed by atoms with E-state index >= 15 is 0 Å². The largest absolute Gasteiger partial charge is 0.374 e. The third kappa shape index (κ3) is 2.49. The van der Waals surface area contributed by atoms with Gasteiger partial charge in [-0.1, -0.05) is 12.8 Å². The summed E-state index contributed by atoms with van der Waals surface area (Å²) in [7, 11) is 0. The molecule has 1 aliphatic heterocycles. The quantitative estimate of drug-likeness (QED) is 0.798. The molecule has 23 heavy (non-hydrogen) atoms. The Morgan fingerprint density at radius 1 is 1.26 bits per heavy atom. The van der Waals surface area contributed by atoms with Crippen LogP contribution in [0.3, 0.4) is 0 Å². The van der Waals surface area contributed by atoms with Crippen LogP contribution in [0, 0.1) is 13.8 Å². The van der Waals surface area contributed by atoms with Crippen LogP contribution < -0.4 is 0 Å². The predicted molar refractivity (Wildman–Crippen MR) is 83.3 cm³/mol. The van der Waals surface area contributed by atoms with Gasteiger partial charge in [0.1, 0.15) is 0 Å². The number of amides is 1. The third-order valence-electron chi connectivity index (χ3n) is 4.80. The van der Waals surface area contributed by atoms with E-state index in [2.05, 4.69) is 15.1 Å². The zero-order valence-corrected chi connectivity index (χ0v) is 13.5. The van der Waals surface area contributed by atoms with Gasteiger partial charge in [-0.15, -0.1) is 5.10 Å². The smallest absolute Gasteiger partial charge is 0.294 e. The molecule has 1 amide bonds. The van der Waals surface area contributed by atoms with Gasteiger partial charge in [0.15, 0.2) is 0 Å². The molecule has 0 aromatic carbocycles. The Balaban J connectivity index is 1.67. The molecule has 1 aliphatic carbocycles. The number of carbonyl (C=O) groups is 1. The molecule has 1 saturated heterocycles. The van der Waals surface area contributed by atoms with Gasteiger partial charge in [-0.25, -0.2) is 9.50 Å². The van der Waals surface area contributed by atoms with Gasteiger partial charge in [-0.3, -0.25) is 4.79 Å². The molecule has 2 fully saturated rings. The van der Waals surface area contributed by atoms with Crippen molar-refractivity contribution in [3.05, 3.63) is 23.3 Å². The van der Waals surface area contributed by atoms with Gasteiger partial charge in [0.2, 0.25) is 5.82 Å². The van der Waals surface area contributed by atoms with Crippen molar-refractivity contribution in [1.82, 2.24) is 24.5 Å². The monoisotopic (exact) mass is 315 g/mol. The summed E-state index contributed by atoms with van der Waals surface area (Å²) >= 11 is 0. The summed E-state index contributed by atoms with van der Waals surface area (Å²) in [6.07, 6.45) is 4.53. The number of ether oxygens (including phenoxy) is 1. The molecule has 0 N–H and O–H groups in total. The summed E-state index contributed by atoms with van der Waals surface area (Å²) < 4.78 is 7.48. The van der Waals surface area contributed by atoms with Crippen molar-refractivity contribution in [2.45, 2.75) is 51.7 Å². The topological polar surface area (TPSA) is 72.6 Å². The summed E-state index contributed by atoms with van der Waals surface area (Å²) in [5.74, 6) is 0.615. The lowest BCUT2D eigenvalue weighted by molar-refractivity contribution is -0.0755. The van der Waals surface area contributed by atoms with Crippen molar-refractivity contribution in [3.8, 4) is 0 Å². The maximum absolute atomic E-state index is 12.9. The SMILES string of the molecule is Cc1cc(C)n2nc(C(=O)N3CCO[C@@H]4CCCC[C@@H]43)nc2n1. The fourth-order valence-corrected chi connectivity index (χ4v) is 3.73. The van der Waals surface area contributed by atoms with Crippen LogP contribution in [0.15, 0.2) is 6.07 Å². The van der Waals surface area contributed by atoms with E-state index < -0.39 is 0 Å². The van der Waals surface area contributed by atoms with E-state index in [-0.39, 0.29) is 23.9 Å². The molecule has 0 radical (unpaired) electrons. The number of aryl methyl sites for hydroxylation is 2. The van der Waals surface area contributed by atoms with E-state index in [1.54, 1.807) is 4.52 Å². The molecule has 2 aliphatic rings. The Morgan fingerprint density at radius 2 is 2.09 bits per heavy atom. The standard InChI is InChI=1S/C16H21N5O2/c1-10-9-11(2)21-16(17-10)18-14(19-21)15(22)20-7-8-23-13-6-4-3-5-12(13)20/h9,12-13H,3-8H2,1-2H3/t12-,13+/m0/s1. The number of morpholine rings is 1. The number of aromatic nitrogens is 4. The van der Waals surface area contributed by atoms with Crippen LogP contribution in [-0.4, -0.2) is 55.7 Å². The lowest BCUT2D eigenvalue weighted by Gasteiger charge is -2.43. The zero-order chi connectivity index (χ0) is 16.0. The fourth-order valence-electron chi connectivity index (χ4n) is 3.73. The predicted octanol–water partition coefficient (Wildman–Crippen LogP) is 1.52. The Labute approximate surface area is 134 Å². The highest BCUT2D eigenvalue weighted by molar-refractivity contribution is 5.91. The fraction of sp³-hybridized carbons (Fsp3) is 0.625. The van der Waals surface area contributed by atoms with Crippen molar-refractivity contribution < 1.29 is 9.53 Å². The average molecular weight is 315 g/mol. The Morgan fingerprint density at radius 3 is 2.96 bits per heavy atom. The number of rotatable bonds is 1. The maximum Gasteiger partial charge on any atom is 0.294 e. The van der Waals surface area contributed by atoms with Crippen molar-refractivity contribution in [1.29, 1.82) is 0 Å². The minimum absolute atomic E-state index is 0.104. The van der Waals surface area contributed by atoms with Gasteiger partial charge in [0.25, 0.3) is 11.7 Å². The average Bonchev–Trinajstić information content (AvgIpc) is 2.98. The van der Waals surface area contributed by atoms with E-state index in [4.69, 9.17) is 4.74 Å². The second-order valence-electron chi connectivity index (χ2n) is 6.45. The number of hydrogen-bond acceptors (Lipinski definition) is 5. The van der Waals surface area contributed by atoms with Crippen molar-refractivity contribution in [3.63, 3.8) is 0 Å². The first kappa shape index (κ1) is 14.6. The molecule has 7 nitrogen and oxygen atoms in total. The van der Waals surface area contributed by atoms with Crippen LogP contribution in [0.5, 0.6) is 0 Å². The molecule has 2 aromatic heterocycles. The Kier molecular flexibility index (Phi) is 3.52. The molecule has 4 rings (SSSR count). The van der Waals surface area contributed by atoms with Crippen LogP contribution >= 0.6 is 0 Å². The number of carbonyl (C=O) groups excluding carboxylic acids is 1. The first-order valence-electron chi connectivity index (χ1n) is 8.27. The van der Waals surface area contributed by atoms with Gasteiger partial charge >= 0.3 is 0 Å². The Hall–Kier alpha value is -2.02. The number of hydrogen-bond donors (Lipinski definition) is 0. The van der Waals surface area contributed by atoms with Crippen LogP contribution in [-0.2, 0) is 4.74 Å². The molecule has 3 heterocycles. The molecular formula is C16H21N5O2. The first-order chi connectivity index (χ1) is 11.1. The highest BCUT2D eigenvalue weighted by Crippen LogP contribution is 2.29. The second-order valence-corrected chi connectivity index (χ2v) is 6.45. The van der Waals surface area contributed by atoms with Gasteiger partial charge in [-0.2, -0.15) is 4.98 Å². The van der Waals surface area contributed by atoms with Gasteiger partial charge in [0.05, 0.1) is 18.8 Å². The molecule has 2 atom stereocenters. The second kappa shape index (κ2) is 5.56. The molecule has 1 saturated carbocycles. The molecule has 0 spiro atoms. The van der Waals surface area contributed by atoms with Gasteiger partial charge < -0.3 is 9.64 Å². The summed E-state index contributed by atoms with van der Waals surface area (Å²) in [4.78, 5) is 23.5. The van der Waals surface area contributed by atoms with E-state index in [1.807, 2.05) is 24.8 Å². The first-order valence-corrected chi connectivity index (χ1v) is 8.27. The minimum Gasteiger partial charge on any atom is -0.374 e. The van der Waals surface area contributed by atoms with Crippen LogP contribution in [0.1, 0.15) is 47.7 Å². The summed E-state index contributed by atoms with van der Waals surface area (Å²) in [6, 6.07) is 2.09. The molecule has 122 valence electrons. The van der Waals surface area contributed by atoms with Crippen LogP contribution in [0.2, 0.25) is 0 Å². The zero-order valence-electron chi connectivity index (χ0n) is 13.5.